The van der Waals surface area contributed by atoms with E-state index in [1.54, 1.807) is 0 Å². The van der Waals surface area contributed by atoms with E-state index in [-0.39, 0.29) is 0 Å². The molecule has 0 aliphatic heterocycles. The molecule has 108 valence electrons. The first-order chi connectivity index (χ1) is 8.49. The van der Waals surface area contributed by atoms with Crippen LogP contribution < -0.4 is 0 Å². The van der Waals surface area contributed by atoms with Crippen molar-refractivity contribution in [3.8, 4) is 0 Å². The highest BCUT2D eigenvalue weighted by Crippen LogP contribution is 2.55. The molecule has 0 aromatic heterocycles. The number of hydrogen-bond donors (Lipinski definition) is 0. The van der Waals surface area contributed by atoms with Crippen LogP contribution in [-0.2, 0) is 0 Å². The lowest BCUT2D eigenvalue weighted by Gasteiger charge is -2.21. The molecule has 0 bridgehead atoms. The molecule has 0 spiro atoms. The van der Waals surface area contributed by atoms with E-state index in [9.17, 15) is 0 Å². The first-order valence-electron chi connectivity index (χ1n) is 8.49. The Bertz CT molecular complexity index is 220. The van der Waals surface area contributed by atoms with Crippen molar-refractivity contribution in [2.75, 3.05) is 0 Å². The Balaban J connectivity index is 2.04. The predicted octanol–water partition coefficient (Wildman–Crippen LogP) is 6.45. The molecular formula is C18H36. The minimum absolute atomic E-state index is 0.717. The quantitative estimate of drug-likeness (QED) is 0.392. The molecule has 18 heavy (non-hydrogen) atoms. The number of hydrogen-bond acceptors (Lipinski definition) is 0. The lowest BCUT2D eigenvalue weighted by molar-refractivity contribution is 0.297. The molecular weight excluding hydrogens is 216 g/mol. The normalized spacial score (nSPS) is 30.2. The van der Waals surface area contributed by atoms with E-state index < -0.39 is 0 Å². The number of rotatable bonds is 10. The fraction of sp³-hybridized carbons (Fsp3) is 1.00. The Morgan fingerprint density at radius 2 is 1.56 bits per heavy atom. The van der Waals surface area contributed by atoms with Crippen molar-refractivity contribution in [1.82, 2.24) is 0 Å². The lowest BCUT2D eigenvalue weighted by atomic mass is 9.84. The molecule has 1 rings (SSSR count). The summed E-state index contributed by atoms with van der Waals surface area (Å²) in [5.74, 6) is 2.86. The maximum Gasteiger partial charge on any atom is -0.0297 e. The van der Waals surface area contributed by atoms with Gasteiger partial charge in [-0.15, -0.1) is 0 Å². The van der Waals surface area contributed by atoms with E-state index in [0.717, 1.165) is 23.2 Å². The van der Waals surface area contributed by atoms with Crippen LogP contribution in [0.1, 0.15) is 92.4 Å². The van der Waals surface area contributed by atoms with E-state index >= 15 is 0 Å². The predicted molar refractivity (Wildman–Crippen MR) is 82.8 cm³/mol. The third kappa shape index (κ3) is 5.33. The Kier molecular flexibility index (Phi) is 6.74. The van der Waals surface area contributed by atoms with Crippen molar-refractivity contribution < 1.29 is 0 Å². The largest absolute Gasteiger partial charge is 0.0654 e. The summed E-state index contributed by atoms with van der Waals surface area (Å²) in [4.78, 5) is 0. The standard InChI is InChI=1S/C18H36/c1-6-7-8-9-10-11-15(2)16(3)12-13-18(5)14-17(18)4/h15-17H,6-14H2,1-5H3. The summed E-state index contributed by atoms with van der Waals surface area (Å²) in [5, 5.41) is 0. The second-order valence-corrected chi connectivity index (χ2v) is 7.46. The molecule has 0 nitrogen and oxygen atoms in total. The van der Waals surface area contributed by atoms with Gasteiger partial charge in [0, 0.05) is 0 Å². The smallest absolute Gasteiger partial charge is 0.0297 e. The highest BCUT2D eigenvalue weighted by molar-refractivity contribution is 4.95. The molecule has 0 aromatic carbocycles. The van der Waals surface area contributed by atoms with Gasteiger partial charge in [0.05, 0.1) is 0 Å². The van der Waals surface area contributed by atoms with E-state index in [1.807, 2.05) is 0 Å². The lowest BCUT2D eigenvalue weighted by Crippen LogP contribution is -2.10. The van der Waals surface area contributed by atoms with Crippen LogP contribution in [-0.4, -0.2) is 0 Å². The molecule has 1 aliphatic carbocycles. The Labute approximate surface area is 116 Å². The third-order valence-electron chi connectivity index (χ3n) is 5.71. The second kappa shape index (κ2) is 7.56. The van der Waals surface area contributed by atoms with Crippen molar-refractivity contribution in [2.24, 2.45) is 23.2 Å². The Morgan fingerprint density at radius 1 is 1.00 bits per heavy atom. The van der Waals surface area contributed by atoms with Crippen LogP contribution in [0.3, 0.4) is 0 Å². The molecule has 0 aromatic rings. The monoisotopic (exact) mass is 252 g/mol. The summed E-state index contributed by atoms with van der Waals surface area (Å²) < 4.78 is 0. The average Bonchev–Trinajstić information content (AvgIpc) is 2.94. The molecule has 1 saturated carbocycles. The van der Waals surface area contributed by atoms with Gasteiger partial charge in [-0.05, 0) is 42.4 Å². The molecule has 4 unspecified atom stereocenters. The van der Waals surface area contributed by atoms with E-state index in [1.165, 1.54) is 57.8 Å². The molecule has 0 N–H and O–H groups in total. The summed E-state index contributed by atoms with van der Waals surface area (Å²) in [5.41, 5.74) is 0.717. The van der Waals surface area contributed by atoms with Gasteiger partial charge in [-0.1, -0.05) is 73.1 Å². The maximum absolute atomic E-state index is 2.49. The van der Waals surface area contributed by atoms with Crippen LogP contribution in [0.15, 0.2) is 0 Å². The van der Waals surface area contributed by atoms with Gasteiger partial charge in [-0.25, -0.2) is 0 Å². The number of unbranched alkanes of at least 4 members (excludes halogenated alkanes) is 4. The van der Waals surface area contributed by atoms with Gasteiger partial charge in [0.1, 0.15) is 0 Å². The molecule has 4 atom stereocenters. The molecule has 1 fully saturated rings. The zero-order valence-corrected chi connectivity index (χ0v) is 13.6. The molecule has 0 amide bonds. The van der Waals surface area contributed by atoms with Crippen LogP contribution in [0, 0.1) is 23.2 Å². The molecule has 0 radical (unpaired) electrons. The van der Waals surface area contributed by atoms with Crippen LogP contribution in [0.5, 0.6) is 0 Å². The molecule has 1 aliphatic rings. The second-order valence-electron chi connectivity index (χ2n) is 7.46. The van der Waals surface area contributed by atoms with Gasteiger partial charge in [0.2, 0.25) is 0 Å². The summed E-state index contributed by atoms with van der Waals surface area (Å²) in [6.07, 6.45) is 13.0. The van der Waals surface area contributed by atoms with Crippen molar-refractivity contribution in [2.45, 2.75) is 92.4 Å². The minimum atomic E-state index is 0.717. The van der Waals surface area contributed by atoms with Gasteiger partial charge < -0.3 is 0 Å². The van der Waals surface area contributed by atoms with E-state index in [2.05, 4.69) is 34.6 Å². The SMILES string of the molecule is CCCCCCCC(C)C(C)CCC1(C)CC1C. The third-order valence-corrected chi connectivity index (χ3v) is 5.71. The van der Waals surface area contributed by atoms with Crippen LogP contribution in [0.2, 0.25) is 0 Å². The van der Waals surface area contributed by atoms with Crippen LogP contribution in [0.4, 0.5) is 0 Å². The Hall–Kier alpha value is 0. The van der Waals surface area contributed by atoms with Gasteiger partial charge in [-0.2, -0.15) is 0 Å². The van der Waals surface area contributed by atoms with Crippen molar-refractivity contribution in [3.05, 3.63) is 0 Å². The fourth-order valence-corrected chi connectivity index (χ4v) is 3.19. The van der Waals surface area contributed by atoms with Gasteiger partial charge in [0.15, 0.2) is 0 Å². The summed E-state index contributed by atoms with van der Waals surface area (Å²) in [6, 6.07) is 0. The zero-order chi connectivity index (χ0) is 13.6. The summed E-state index contributed by atoms with van der Waals surface area (Å²) >= 11 is 0. The van der Waals surface area contributed by atoms with Crippen molar-refractivity contribution in [3.63, 3.8) is 0 Å². The highest BCUT2D eigenvalue weighted by Gasteiger charge is 2.45. The van der Waals surface area contributed by atoms with Gasteiger partial charge >= 0.3 is 0 Å². The zero-order valence-electron chi connectivity index (χ0n) is 13.6. The molecule has 0 saturated heterocycles. The van der Waals surface area contributed by atoms with Crippen molar-refractivity contribution >= 4 is 0 Å². The summed E-state index contributed by atoms with van der Waals surface area (Å²) in [7, 11) is 0. The molecule has 0 heteroatoms. The van der Waals surface area contributed by atoms with Gasteiger partial charge in [0.25, 0.3) is 0 Å². The van der Waals surface area contributed by atoms with Gasteiger partial charge in [-0.3, -0.25) is 0 Å². The van der Waals surface area contributed by atoms with E-state index in [0.29, 0.717) is 0 Å². The fourth-order valence-electron chi connectivity index (χ4n) is 3.19. The minimum Gasteiger partial charge on any atom is -0.0654 e. The first-order valence-corrected chi connectivity index (χ1v) is 8.49. The first kappa shape index (κ1) is 16.1. The van der Waals surface area contributed by atoms with Crippen LogP contribution in [0.25, 0.3) is 0 Å². The molecule has 0 heterocycles. The topological polar surface area (TPSA) is 0 Å². The maximum atomic E-state index is 2.49. The summed E-state index contributed by atoms with van der Waals surface area (Å²) in [6.45, 7) is 12.2. The van der Waals surface area contributed by atoms with E-state index in [4.69, 9.17) is 0 Å². The average molecular weight is 252 g/mol. The van der Waals surface area contributed by atoms with Crippen LogP contribution >= 0.6 is 0 Å². The highest BCUT2D eigenvalue weighted by atomic mass is 14.5. The van der Waals surface area contributed by atoms with Crippen molar-refractivity contribution in [1.29, 1.82) is 0 Å². The Morgan fingerprint density at radius 3 is 2.11 bits per heavy atom.